The summed E-state index contributed by atoms with van der Waals surface area (Å²) in [6, 6.07) is 15.2. The summed E-state index contributed by atoms with van der Waals surface area (Å²) < 4.78 is 10.6. The Morgan fingerprint density at radius 3 is 2.65 bits per heavy atom. The van der Waals surface area contributed by atoms with Gasteiger partial charge in [-0.05, 0) is 29.8 Å². The number of rotatable bonds is 3. The fourth-order valence-electron chi connectivity index (χ4n) is 2.14. The number of amides is 1. The van der Waals surface area contributed by atoms with Crippen LogP contribution in [0.3, 0.4) is 0 Å². The lowest BCUT2D eigenvalue weighted by atomic mass is 10.1. The van der Waals surface area contributed by atoms with Crippen molar-refractivity contribution in [2.75, 3.05) is 18.7 Å². The molecule has 0 saturated heterocycles. The first-order valence-corrected chi connectivity index (χ1v) is 6.44. The molecule has 0 fully saturated rings. The van der Waals surface area contributed by atoms with E-state index in [1.165, 1.54) is 0 Å². The zero-order valence-electron chi connectivity index (χ0n) is 11.2. The van der Waals surface area contributed by atoms with Crippen LogP contribution in [0.25, 0.3) is 0 Å². The average Bonchev–Trinajstić information content (AvgIpc) is 2.95. The van der Waals surface area contributed by atoms with E-state index >= 15 is 0 Å². The van der Waals surface area contributed by atoms with Gasteiger partial charge in [-0.1, -0.05) is 24.3 Å². The van der Waals surface area contributed by atoms with Crippen molar-refractivity contribution in [3.8, 4) is 11.5 Å². The van der Waals surface area contributed by atoms with Gasteiger partial charge in [0.05, 0.1) is 6.42 Å². The number of anilines is 1. The number of hydrogen-bond acceptors (Lipinski definition) is 3. The monoisotopic (exact) mass is 269 g/mol. The van der Waals surface area contributed by atoms with E-state index < -0.39 is 0 Å². The fraction of sp³-hybridized carbons (Fsp3) is 0.188. The maximum atomic E-state index is 12.3. The lowest BCUT2D eigenvalue weighted by Gasteiger charge is -2.17. The molecule has 1 aliphatic heterocycles. The minimum Gasteiger partial charge on any atom is -0.454 e. The molecule has 0 saturated carbocycles. The maximum absolute atomic E-state index is 12.3. The van der Waals surface area contributed by atoms with Crippen LogP contribution in [-0.2, 0) is 11.2 Å². The molecule has 3 rings (SSSR count). The third-order valence-electron chi connectivity index (χ3n) is 3.31. The highest BCUT2D eigenvalue weighted by atomic mass is 16.7. The molecule has 20 heavy (non-hydrogen) atoms. The van der Waals surface area contributed by atoms with Gasteiger partial charge in [-0.2, -0.15) is 0 Å². The third-order valence-corrected chi connectivity index (χ3v) is 3.31. The molecular formula is C16H15NO3. The highest BCUT2D eigenvalue weighted by molar-refractivity contribution is 5.94. The van der Waals surface area contributed by atoms with Crippen molar-refractivity contribution in [3.63, 3.8) is 0 Å². The predicted octanol–water partition coefficient (Wildman–Crippen LogP) is 2.62. The number of likely N-dealkylation sites (N-methyl/N-ethyl adjacent to an activating group) is 1. The summed E-state index contributed by atoms with van der Waals surface area (Å²) >= 11 is 0. The number of carbonyl (C=O) groups excluding carboxylic acids is 1. The van der Waals surface area contributed by atoms with Crippen LogP contribution in [0.5, 0.6) is 11.5 Å². The molecule has 0 bridgehead atoms. The van der Waals surface area contributed by atoms with Gasteiger partial charge in [0.1, 0.15) is 0 Å². The van der Waals surface area contributed by atoms with E-state index in [2.05, 4.69) is 0 Å². The quantitative estimate of drug-likeness (QED) is 0.859. The Kier molecular flexibility index (Phi) is 3.29. The van der Waals surface area contributed by atoms with Crippen molar-refractivity contribution in [1.29, 1.82) is 0 Å². The molecule has 0 atom stereocenters. The van der Waals surface area contributed by atoms with Gasteiger partial charge in [0, 0.05) is 12.7 Å². The zero-order valence-corrected chi connectivity index (χ0v) is 11.2. The van der Waals surface area contributed by atoms with E-state index in [1.54, 1.807) is 11.9 Å². The summed E-state index contributed by atoms with van der Waals surface area (Å²) in [5.41, 5.74) is 1.81. The molecule has 0 radical (unpaired) electrons. The van der Waals surface area contributed by atoms with Crippen molar-refractivity contribution >= 4 is 11.6 Å². The van der Waals surface area contributed by atoms with Gasteiger partial charge in [0.2, 0.25) is 12.7 Å². The summed E-state index contributed by atoms with van der Waals surface area (Å²) in [4.78, 5) is 13.9. The summed E-state index contributed by atoms with van der Waals surface area (Å²) in [5, 5.41) is 0. The first kappa shape index (κ1) is 12.5. The van der Waals surface area contributed by atoms with E-state index in [0.29, 0.717) is 12.2 Å². The highest BCUT2D eigenvalue weighted by Crippen LogP contribution is 2.32. The van der Waals surface area contributed by atoms with Crippen molar-refractivity contribution in [1.82, 2.24) is 0 Å². The lowest BCUT2D eigenvalue weighted by Crippen LogP contribution is -2.27. The van der Waals surface area contributed by atoms with Crippen LogP contribution in [0.4, 0.5) is 5.69 Å². The van der Waals surface area contributed by atoms with E-state index in [-0.39, 0.29) is 12.7 Å². The number of hydrogen-bond donors (Lipinski definition) is 0. The average molecular weight is 269 g/mol. The van der Waals surface area contributed by atoms with Crippen molar-refractivity contribution in [2.45, 2.75) is 6.42 Å². The van der Waals surface area contributed by atoms with Gasteiger partial charge in [-0.25, -0.2) is 0 Å². The molecule has 1 amide bonds. The molecule has 0 unspecified atom stereocenters. The van der Waals surface area contributed by atoms with E-state index in [9.17, 15) is 4.79 Å². The first-order valence-electron chi connectivity index (χ1n) is 6.44. The molecule has 102 valence electrons. The Labute approximate surface area is 117 Å². The number of benzene rings is 2. The van der Waals surface area contributed by atoms with Gasteiger partial charge >= 0.3 is 0 Å². The molecular weight excluding hydrogens is 254 g/mol. The fourth-order valence-corrected chi connectivity index (χ4v) is 2.14. The molecule has 0 spiro atoms. The molecule has 2 aromatic rings. The molecule has 4 heteroatoms. The number of para-hydroxylation sites is 1. The molecule has 0 aromatic heterocycles. The summed E-state index contributed by atoms with van der Waals surface area (Å²) in [6.07, 6.45) is 0.335. The Morgan fingerprint density at radius 2 is 1.85 bits per heavy atom. The Hall–Kier alpha value is -2.49. The zero-order chi connectivity index (χ0) is 13.9. The van der Waals surface area contributed by atoms with Crippen LogP contribution in [0.1, 0.15) is 5.56 Å². The van der Waals surface area contributed by atoms with Crippen LogP contribution >= 0.6 is 0 Å². The van der Waals surface area contributed by atoms with Gasteiger partial charge < -0.3 is 14.4 Å². The number of nitrogens with zero attached hydrogens (tertiary/aromatic N) is 1. The Balaban J connectivity index is 1.73. The second-order valence-corrected chi connectivity index (χ2v) is 4.65. The Bertz CT molecular complexity index is 625. The lowest BCUT2D eigenvalue weighted by molar-refractivity contribution is -0.117. The van der Waals surface area contributed by atoms with Crippen LogP contribution in [0.2, 0.25) is 0 Å². The van der Waals surface area contributed by atoms with E-state index in [4.69, 9.17) is 9.47 Å². The van der Waals surface area contributed by atoms with Gasteiger partial charge in [-0.3, -0.25) is 4.79 Å². The van der Waals surface area contributed by atoms with Crippen LogP contribution < -0.4 is 14.4 Å². The largest absolute Gasteiger partial charge is 0.454 e. The van der Waals surface area contributed by atoms with Crippen LogP contribution in [0, 0.1) is 0 Å². The SMILES string of the molecule is CN(C(=O)Cc1ccc2c(c1)OCO2)c1ccccc1. The van der Waals surface area contributed by atoms with E-state index in [0.717, 1.165) is 17.0 Å². The number of fused-ring (bicyclic) bond motifs is 1. The van der Waals surface area contributed by atoms with E-state index in [1.807, 2.05) is 48.5 Å². The van der Waals surface area contributed by atoms with Gasteiger partial charge in [0.15, 0.2) is 11.5 Å². The highest BCUT2D eigenvalue weighted by Gasteiger charge is 2.16. The van der Waals surface area contributed by atoms with Crippen LogP contribution in [0.15, 0.2) is 48.5 Å². The molecule has 0 N–H and O–H groups in total. The predicted molar refractivity (Wildman–Crippen MR) is 76.1 cm³/mol. The number of ether oxygens (including phenoxy) is 2. The minimum atomic E-state index is 0.0371. The summed E-state index contributed by atoms with van der Waals surface area (Å²) in [5.74, 6) is 1.48. The second-order valence-electron chi connectivity index (χ2n) is 4.65. The maximum Gasteiger partial charge on any atom is 0.231 e. The van der Waals surface area contributed by atoms with Crippen molar-refractivity contribution in [2.24, 2.45) is 0 Å². The minimum absolute atomic E-state index is 0.0371. The molecule has 4 nitrogen and oxygen atoms in total. The standard InChI is InChI=1S/C16H15NO3/c1-17(13-5-3-2-4-6-13)16(18)10-12-7-8-14-15(9-12)20-11-19-14/h2-9H,10-11H2,1H3. The normalized spacial score (nSPS) is 12.2. The third kappa shape index (κ3) is 2.45. The van der Waals surface area contributed by atoms with Crippen molar-refractivity contribution in [3.05, 3.63) is 54.1 Å². The smallest absolute Gasteiger partial charge is 0.231 e. The van der Waals surface area contributed by atoms with Gasteiger partial charge in [-0.15, -0.1) is 0 Å². The Morgan fingerprint density at radius 1 is 1.10 bits per heavy atom. The second kappa shape index (κ2) is 5.25. The first-order chi connectivity index (χ1) is 9.74. The molecule has 0 aliphatic carbocycles. The van der Waals surface area contributed by atoms with Crippen LogP contribution in [-0.4, -0.2) is 19.7 Å². The topological polar surface area (TPSA) is 38.8 Å². The molecule has 2 aromatic carbocycles. The van der Waals surface area contributed by atoms with Crippen molar-refractivity contribution < 1.29 is 14.3 Å². The molecule has 1 heterocycles. The van der Waals surface area contributed by atoms with Gasteiger partial charge in [0.25, 0.3) is 0 Å². The summed E-state index contributed by atoms with van der Waals surface area (Å²) in [6.45, 7) is 0.247. The number of carbonyl (C=O) groups is 1. The summed E-state index contributed by atoms with van der Waals surface area (Å²) in [7, 11) is 1.78. The molecule has 1 aliphatic rings.